The van der Waals surface area contributed by atoms with Gasteiger partial charge < -0.3 is 15.2 Å². The quantitative estimate of drug-likeness (QED) is 0.797. The Bertz CT molecular complexity index is 381. The molecule has 88 valence electrons. The molecule has 0 bridgehead atoms. The van der Waals surface area contributed by atoms with E-state index in [2.05, 4.69) is 0 Å². The van der Waals surface area contributed by atoms with E-state index in [1.807, 2.05) is 0 Å². The van der Waals surface area contributed by atoms with E-state index in [1.165, 1.54) is 14.2 Å². The van der Waals surface area contributed by atoms with Crippen LogP contribution in [0.15, 0.2) is 18.2 Å². The third-order valence-corrected chi connectivity index (χ3v) is 2.43. The molecule has 1 aromatic carbocycles. The van der Waals surface area contributed by atoms with Crippen LogP contribution in [-0.4, -0.2) is 32.7 Å². The van der Waals surface area contributed by atoms with Gasteiger partial charge in [0.05, 0.1) is 24.8 Å². The summed E-state index contributed by atoms with van der Waals surface area (Å²) in [4.78, 5) is 11.8. The van der Waals surface area contributed by atoms with Gasteiger partial charge in [0.1, 0.15) is 5.75 Å². The highest BCUT2D eigenvalue weighted by Crippen LogP contribution is 2.25. The van der Waals surface area contributed by atoms with Gasteiger partial charge in [-0.15, -0.1) is 0 Å². The third-order valence-electron chi connectivity index (χ3n) is 2.12. The Morgan fingerprint density at radius 2 is 2.19 bits per heavy atom. The second-order valence-corrected chi connectivity index (χ2v) is 3.68. The minimum absolute atomic E-state index is 0.184. The van der Waals surface area contributed by atoms with Gasteiger partial charge in [-0.3, -0.25) is 4.79 Å². The van der Waals surface area contributed by atoms with Crippen molar-refractivity contribution < 1.29 is 14.3 Å². The molecule has 16 heavy (non-hydrogen) atoms. The van der Waals surface area contributed by atoms with E-state index in [0.717, 1.165) is 0 Å². The van der Waals surface area contributed by atoms with Crippen LogP contribution in [0.25, 0.3) is 0 Å². The SMILES string of the molecule is COCC(N)C(=O)c1ccc(Cl)c(OC)c1. The largest absolute Gasteiger partial charge is 0.495 e. The minimum Gasteiger partial charge on any atom is -0.495 e. The maximum Gasteiger partial charge on any atom is 0.182 e. The van der Waals surface area contributed by atoms with Crippen LogP contribution in [0.5, 0.6) is 5.75 Å². The van der Waals surface area contributed by atoms with Crippen molar-refractivity contribution >= 4 is 17.4 Å². The van der Waals surface area contributed by atoms with Gasteiger partial charge >= 0.3 is 0 Å². The van der Waals surface area contributed by atoms with Crippen molar-refractivity contribution in [2.24, 2.45) is 5.73 Å². The van der Waals surface area contributed by atoms with Crippen LogP contribution in [0.1, 0.15) is 10.4 Å². The Hall–Kier alpha value is -1.10. The minimum atomic E-state index is -0.670. The summed E-state index contributed by atoms with van der Waals surface area (Å²) in [5.74, 6) is 0.258. The van der Waals surface area contributed by atoms with E-state index in [4.69, 9.17) is 26.8 Å². The molecule has 1 rings (SSSR count). The molecule has 0 spiro atoms. The molecule has 0 aliphatic heterocycles. The summed E-state index contributed by atoms with van der Waals surface area (Å²) < 4.78 is 9.84. The van der Waals surface area contributed by atoms with E-state index in [-0.39, 0.29) is 12.4 Å². The Morgan fingerprint density at radius 1 is 1.50 bits per heavy atom. The van der Waals surface area contributed by atoms with Crippen molar-refractivity contribution in [1.29, 1.82) is 0 Å². The van der Waals surface area contributed by atoms with E-state index in [0.29, 0.717) is 16.3 Å². The zero-order chi connectivity index (χ0) is 12.1. The van der Waals surface area contributed by atoms with E-state index < -0.39 is 6.04 Å². The maximum absolute atomic E-state index is 11.8. The van der Waals surface area contributed by atoms with E-state index >= 15 is 0 Å². The van der Waals surface area contributed by atoms with Crippen LogP contribution < -0.4 is 10.5 Å². The van der Waals surface area contributed by atoms with Gasteiger partial charge in [-0.2, -0.15) is 0 Å². The second-order valence-electron chi connectivity index (χ2n) is 3.28. The van der Waals surface area contributed by atoms with Crippen LogP contribution in [0.4, 0.5) is 0 Å². The average Bonchev–Trinajstić information content (AvgIpc) is 2.29. The van der Waals surface area contributed by atoms with Crippen LogP contribution in [-0.2, 0) is 4.74 Å². The maximum atomic E-state index is 11.8. The molecule has 0 fully saturated rings. The molecule has 0 saturated heterocycles. The first-order valence-electron chi connectivity index (χ1n) is 4.72. The van der Waals surface area contributed by atoms with Crippen LogP contribution >= 0.6 is 11.6 Å². The highest BCUT2D eigenvalue weighted by molar-refractivity contribution is 6.32. The molecule has 0 aliphatic rings. The predicted molar refractivity (Wildman–Crippen MR) is 62.2 cm³/mol. The number of nitrogens with two attached hydrogens (primary N) is 1. The summed E-state index contributed by atoms with van der Waals surface area (Å²) in [6, 6.07) is 4.12. The Kier molecular flexibility index (Phi) is 4.73. The molecular formula is C11H14ClNO3. The number of hydrogen-bond acceptors (Lipinski definition) is 4. The van der Waals surface area contributed by atoms with Crippen LogP contribution in [0.2, 0.25) is 5.02 Å². The first-order chi connectivity index (χ1) is 7.60. The zero-order valence-corrected chi connectivity index (χ0v) is 9.95. The van der Waals surface area contributed by atoms with Crippen LogP contribution in [0.3, 0.4) is 0 Å². The van der Waals surface area contributed by atoms with E-state index in [1.54, 1.807) is 18.2 Å². The number of methoxy groups -OCH3 is 2. The Labute approximate surface area is 99.3 Å². The number of halogens is 1. The zero-order valence-electron chi connectivity index (χ0n) is 9.20. The summed E-state index contributed by atoms with van der Waals surface area (Å²) in [6.45, 7) is 0.184. The number of Topliss-reactive ketones (excluding diaryl/α,β-unsaturated/α-hetero) is 1. The normalized spacial score (nSPS) is 12.2. The number of ether oxygens (including phenoxy) is 2. The smallest absolute Gasteiger partial charge is 0.182 e. The summed E-state index contributed by atoms with van der Waals surface area (Å²) in [7, 11) is 2.99. The predicted octanol–water partition coefficient (Wildman–Crippen LogP) is 1.50. The van der Waals surface area contributed by atoms with Gasteiger partial charge in [-0.1, -0.05) is 11.6 Å². The lowest BCUT2D eigenvalue weighted by molar-refractivity contribution is 0.0892. The molecule has 4 nitrogen and oxygen atoms in total. The molecule has 5 heteroatoms. The average molecular weight is 244 g/mol. The first-order valence-corrected chi connectivity index (χ1v) is 5.10. The van der Waals surface area contributed by atoms with Crippen molar-refractivity contribution in [1.82, 2.24) is 0 Å². The van der Waals surface area contributed by atoms with Crippen molar-refractivity contribution in [2.45, 2.75) is 6.04 Å². The van der Waals surface area contributed by atoms with E-state index in [9.17, 15) is 4.79 Å². The number of carbonyl (C=O) groups excluding carboxylic acids is 1. The molecule has 0 aliphatic carbocycles. The van der Waals surface area contributed by atoms with Gasteiger partial charge in [0.15, 0.2) is 5.78 Å². The fourth-order valence-corrected chi connectivity index (χ4v) is 1.48. The van der Waals surface area contributed by atoms with Crippen LogP contribution in [0, 0.1) is 0 Å². The number of ketones is 1. The number of carbonyl (C=O) groups is 1. The van der Waals surface area contributed by atoms with Crippen molar-refractivity contribution in [2.75, 3.05) is 20.8 Å². The molecule has 2 N–H and O–H groups in total. The molecule has 0 heterocycles. The molecule has 0 aromatic heterocycles. The Morgan fingerprint density at radius 3 is 2.75 bits per heavy atom. The molecule has 0 amide bonds. The number of hydrogen-bond donors (Lipinski definition) is 1. The highest BCUT2D eigenvalue weighted by Gasteiger charge is 2.16. The number of benzene rings is 1. The summed E-state index contributed by atoms with van der Waals surface area (Å²) in [5, 5.41) is 0.458. The molecule has 1 aromatic rings. The van der Waals surface area contributed by atoms with Gasteiger partial charge in [-0.05, 0) is 18.2 Å². The number of rotatable bonds is 5. The van der Waals surface area contributed by atoms with Gasteiger partial charge in [0.25, 0.3) is 0 Å². The molecule has 0 radical (unpaired) electrons. The fraction of sp³-hybridized carbons (Fsp3) is 0.364. The fourth-order valence-electron chi connectivity index (χ4n) is 1.28. The Balaban J connectivity index is 2.92. The van der Waals surface area contributed by atoms with Crippen molar-refractivity contribution in [3.63, 3.8) is 0 Å². The topological polar surface area (TPSA) is 61.5 Å². The van der Waals surface area contributed by atoms with Crippen molar-refractivity contribution in [3.8, 4) is 5.75 Å². The highest BCUT2D eigenvalue weighted by atomic mass is 35.5. The lowest BCUT2D eigenvalue weighted by Gasteiger charge is -2.10. The lowest BCUT2D eigenvalue weighted by Crippen LogP contribution is -2.34. The van der Waals surface area contributed by atoms with Gasteiger partial charge in [0.2, 0.25) is 0 Å². The molecular weight excluding hydrogens is 230 g/mol. The van der Waals surface area contributed by atoms with Gasteiger partial charge in [0, 0.05) is 12.7 Å². The van der Waals surface area contributed by atoms with Crippen molar-refractivity contribution in [3.05, 3.63) is 28.8 Å². The first kappa shape index (κ1) is 13.0. The standard InChI is InChI=1S/C11H14ClNO3/c1-15-6-9(13)11(14)7-3-4-8(12)10(5-7)16-2/h3-5,9H,6,13H2,1-2H3. The molecule has 1 atom stereocenters. The summed E-state index contributed by atoms with van der Waals surface area (Å²) in [6.07, 6.45) is 0. The second kappa shape index (κ2) is 5.84. The molecule has 1 unspecified atom stereocenters. The third kappa shape index (κ3) is 2.95. The monoisotopic (exact) mass is 243 g/mol. The summed E-state index contributed by atoms with van der Waals surface area (Å²) in [5.41, 5.74) is 6.10. The molecule has 0 saturated carbocycles. The summed E-state index contributed by atoms with van der Waals surface area (Å²) >= 11 is 5.85. The lowest BCUT2D eigenvalue weighted by atomic mass is 10.1. The van der Waals surface area contributed by atoms with Gasteiger partial charge in [-0.25, -0.2) is 0 Å².